The molecule has 4 aromatic rings. The number of aryl methyl sites for hydroxylation is 1. The number of nitrogens with zero attached hydrogens (tertiary/aromatic N) is 2. The van der Waals surface area contributed by atoms with Crippen molar-refractivity contribution in [1.29, 1.82) is 0 Å². The number of aromatic nitrogens is 2. The zero-order chi connectivity index (χ0) is 20.8. The van der Waals surface area contributed by atoms with Crippen molar-refractivity contribution < 1.29 is 18.5 Å². The summed E-state index contributed by atoms with van der Waals surface area (Å²) in [7, 11) is 0. The van der Waals surface area contributed by atoms with Crippen LogP contribution in [0.1, 0.15) is 28.4 Å². The van der Waals surface area contributed by atoms with E-state index >= 15 is 0 Å². The van der Waals surface area contributed by atoms with Crippen LogP contribution in [0.2, 0.25) is 0 Å². The summed E-state index contributed by atoms with van der Waals surface area (Å²) in [6, 6.07) is 14.3. The van der Waals surface area contributed by atoms with E-state index in [0.717, 1.165) is 10.4 Å². The van der Waals surface area contributed by atoms with E-state index < -0.39 is 0 Å². The van der Waals surface area contributed by atoms with E-state index in [1.54, 1.807) is 24.3 Å². The zero-order valence-electron chi connectivity index (χ0n) is 15.8. The average molecular weight is 422 g/mol. The van der Waals surface area contributed by atoms with Gasteiger partial charge in [-0.25, -0.2) is 0 Å². The van der Waals surface area contributed by atoms with Gasteiger partial charge >= 0.3 is 0 Å². The molecule has 0 unspecified atom stereocenters. The van der Waals surface area contributed by atoms with Crippen LogP contribution >= 0.6 is 11.3 Å². The molecule has 4 rings (SSSR count). The SMILES string of the molecule is O=C(CCc1nc(-c2cccs2)no1)NCc1ccc(NC(=O)c2ccco2)cc1. The molecule has 2 amide bonds. The molecule has 0 saturated carbocycles. The molecule has 0 saturated heterocycles. The summed E-state index contributed by atoms with van der Waals surface area (Å²) < 4.78 is 10.3. The molecular formula is C21H18N4O4S. The Labute approximate surface area is 175 Å². The Morgan fingerprint density at radius 3 is 2.67 bits per heavy atom. The van der Waals surface area contributed by atoms with Crippen molar-refractivity contribution in [3.05, 3.63) is 77.4 Å². The number of hydrogen-bond donors (Lipinski definition) is 2. The Balaban J connectivity index is 1.21. The van der Waals surface area contributed by atoms with Gasteiger partial charge in [0.25, 0.3) is 5.91 Å². The van der Waals surface area contributed by atoms with Crippen LogP contribution in [0.3, 0.4) is 0 Å². The fourth-order valence-electron chi connectivity index (χ4n) is 2.68. The third-order valence-corrected chi connectivity index (χ3v) is 5.09. The van der Waals surface area contributed by atoms with Crippen molar-refractivity contribution >= 4 is 28.8 Å². The highest BCUT2D eigenvalue weighted by molar-refractivity contribution is 7.13. The standard InChI is InChI=1S/C21H18N4O4S/c26-18(9-10-19-24-20(25-29-19)17-4-2-12-30-17)22-13-14-5-7-15(8-6-14)23-21(27)16-3-1-11-28-16/h1-8,11-12H,9-10,13H2,(H,22,26)(H,23,27). The molecule has 0 spiro atoms. The first kappa shape index (κ1) is 19.6. The summed E-state index contributed by atoms with van der Waals surface area (Å²) in [6.45, 7) is 0.384. The molecule has 0 fully saturated rings. The van der Waals surface area contributed by atoms with Gasteiger partial charge in [0.1, 0.15) is 0 Å². The van der Waals surface area contributed by atoms with E-state index in [2.05, 4.69) is 20.8 Å². The van der Waals surface area contributed by atoms with E-state index in [1.807, 2.05) is 29.6 Å². The molecule has 3 aromatic heterocycles. The smallest absolute Gasteiger partial charge is 0.291 e. The Bertz CT molecular complexity index is 1100. The van der Waals surface area contributed by atoms with Gasteiger partial charge in [0, 0.05) is 25.1 Å². The van der Waals surface area contributed by atoms with Gasteiger partial charge in [-0.3, -0.25) is 9.59 Å². The number of rotatable bonds is 8. The van der Waals surface area contributed by atoms with Crippen LogP contribution < -0.4 is 10.6 Å². The first-order valence-electron chi connectivity index (χ1n) is 9.24. The molecule has 0 aliphatic carbocycles. The second kappa shape index (κ2) is 9.19. The number of benzene rings is 1. The first-order valence-corrected chi connectivity index (χ1v) is 10.1. The van der Waals surface area contributed by atoms with Crippen molar-refractivity contribution in [2.45, 2.75) is 19.4 Å². The summed E-state index contributed by atoms with van der Waals surface area (Å²) in [5, 5.41) is 11.5. The number of furan rings is 1. The van der Waals surface area contributed by atoms with Gasteiger partial charge in [-0.2, -0.15) is 4.98 Å². The molecule has 0 aliphatic heterocycles. The quantitative estimate of drug-likeness (QED) is 0.446. The van der Waals surface area contributed by atoms with E-state index in [9.17, 15) is 9.59 Å². The van der Waals surface area contributed by atoms with E-state index in [0.29, 0.717) is 30.4 Å². The van der Waals surface area contributed by atoms with Gasteiger partial charge in [0.15, 0.2) is 5.76 Å². The number of carbonyl (C=O) groups is 2. The van der Waals surface area contributed by atoms with Crippen LogP contribution in [0, 0.1) is 0 Å². The number of thiophene rings is 1. The molecule has 0 aliphatic rings. The maximum Gasteiger partial charge on any atom is 0.291 e. The van der Waals surface area contributed by atoms with Crippen molar-refractivity contribution in [2.24, 2.45) is 0 Å². The highest BCUT2D eigenvalue weighted by Gasteiger charge is 2.12. The molecular weight excluding hydrogens is 404 g/mol. The van der Waals surface area contributed by atoms with Crippen molar-refractivity contribution in [2.75, 3.05) is 5.32 Å². The minimum atomic E-state index is -0.315. The predicted octanol–water partition coefficient (Wildman–Crippen LogP) is 3.89. The Kier molecular flexibility index (Phi) is 6.00. The first-order chi connectivity index (χ1) is 14.7. The largest absolute Gasteiger partial charge is 0.459 e. The summed E-state index contributed by atoms with van der Waals surface area (Å²) in [5.74, 6) is 0.797. The lowest BCUT2D eigenvalue weighted by Gasteiger charge is -2.07. The van der Waals surface area contributed by atoms with Crippen molar-refractivity contribution in [3.63, 3.8) is 0 Å². The molecule has 0 radical (unpaired) electrons. The number of amides is 2. The maximum atomic E-state index is 12.1. The summed E-state index contributed by atoms with van der Waals surface area (Å²) in [5.41, 5.74) is 1.56. The van der Waals surface area contributed by atoms with Crippen LogP contribution in [-0.4, -0.2) is 22.0 Å². The Morgan fingerprint density at radius 1 is 1.07 bits per heavy atom. The second-order valence-corrected chi connectivity index (χ2v) is 7.34. The number of hydrogen-bond acceptors (Lipinski definition) is 7. The molecule has 3 heterocycles. The lowest BCUT2D eigenvalue weighted by atomic mass is 10.2. The predicted molar refractivity (Wildman–Crippen MR) is 111 cm³/mol. The molecule has 2 N–H and O–H groups in total. The number of anilines is 1. The third-order valence-electron chi connectivity index (χ3n) is 4.22. The molecule has 0 bridgehead atoms. The van der Waals surface area contributed by atoms with Gasteiger partial charge in [0.2, 0.25) is 17.6 Å². The van der Waals surface area contributed by atoms with Gasteiger partial charge < -0.3 is 19.6 Å². The average Bonchev–Trinajstić information content (AvgIpc) is 3.53. The number of nitrogens with one attached hydrogen (secondary N) is 2. The third kappa shape index (κ3) is 5.00. The molecule has 8 nitrogen and oxygen atoms in total. The second-order valence-electron chi connectivity index (χ2n) is 6.39. The summed E-state index contributed by atoms with van der Waals surface area (Å²) >= 11 is 1.53. The minimum Gasteiger partial charge on any atom is -0.459 e. The van der Waals surface area contributed by atoms with Gasteiger partial charge in [-0.05, 0) is 41.3 Å². The monoisotopic (exact) mass is 422 g/mol. The summed E-state index contributed by atoms with van der Waals surface area (Å²) in [4.78, 5) is 29.3. The Morgan fingerprint density at radius 2 is 1.93 bits per heavy atom. The van der Waals surface area contributed by atoms with Crippen LogP contribution in [0.15, 0.2) is 69.1 Å². The van der Waals surface area contributed by atoms with Crippen molar-refractivity contribution in [3.8, 4) is 10.7 Å². The number of carbonyl (C=O) groups excluding carboxylic acids is 2. The van der Waals surface area contributed by atoms with Gasteiger partial charge in [-0.1, -0.05) is 23.4 Å². The molecule has 0 atom stereocenters. The lowest BCUT2D eigenvalue weighted by Crippen LogP contribution is -2.23. The van der Waals surface area contributed by atoms with Crippen LogP contribution in [0.4, 0.5) is 5.69 Å². The fraction of sp³-hybridized carbons (Fsp3) is 0.143. The normalized spacial score (nSPS) is 10.7. The van der Waals surface area contributed by atoms with Crippen LogP contribution in [-0.2, 0) is 17.8 Å². The highest BCUT2D eigenvalue weighted by Crippen LogP contribution is 2.21. The Hall–Kier alpha value is -3.72. The minimum absolute atomic E-state index is 0.110. The fourth-order valence-corrected chi connectivity index (χ4v) is 3.33. The van der Waals surface area contributed by atoms with Gasteiger partial charge in [0.05, 0.1) is 11.1 Å². The molecule has 30 heavy (non-hydrogen) atoms. The lowest BCUT2D eigenvalue weighted by molar-refractivity contribution is -0.121. The van der Waals surface area contributed by atoms with E-state index in [1.165, 1.54) is 17.6 Å². The molecule has 152 valence electrons. The highest BCUT2D eigenvalue weighted by atomic mass is 32.1. The van der Waals surface area contributed by atoms with Gasteiger partial charge in [-0.15, -0.1) is 11.3 Å². The maximum absolute atomic E-state index is 12.1. The molecule has 1 aromatic carbocycles. The summed E-state index contributed by atoms with van der Waals surface area (Å²) in [6.07, 6.45) is 2.08. The van der Waals surface area contributed by atoms with Crippen LogP contribution in [0.5, 0.6) is 0 Å². The zero-order valence-corrected chi connectivity index (χ0v) is 16.6. The van der Waals surface area contributed by atoms with E-state index in [4.69, 9.17) is 8.94 Å². The van der Waals surface area contributed by atoms with E-state index in [-0.39, 0.29) is 24.0 Å². The van der Waals surface area contributed by atoms with Crippen LogP contribution in [0.25, 0.3) is 10.7 Å². The topological polar surface area (TPSA) is 110 Å². The van der Waals surface area contributed by atoms with Crippen molar-refractivity contribution in [1.82, 2.24) is 15.5 Å². The molecule has 9 heteroatoms.